The lowest BCUT2D eigenvalue weighted by molar-refractivity contribution is -0.137. The van der Waals surface area contributed by atoms with E-state index in [-0.39, 0.29) is 17.5 Å². The topological polar surface area (TPSA) is 74.9 Å². The van der Waals surface area contributed by atoms with Crippen molar-refractivity contribution >= 4 is 5.78 Å². The quantitative estimate of drug-likeness (QED) is 0.206. The van der Waals surface area contributed by atoms with Crippen molar-refractivity contribution in [2.24, 2.45) is 5.92 Å². The number of rotatable bonds is 11. The first-order valence-electron chi connectivity index (χ1n) is 13.4. The van der Waals surface area contributed by atoms with Gasteiger partial charge in [0.2, 0.25) is 5.88 Å². The molecule has 2 aromatic carbocycles. The zero-order valence-electron chi connectivity index (χ0n) is 22.1. The number of hydrogen-bond donors (Lipinski definition) is 2. The number of likely N-dealkylation sites (tertiary alicyclic amines) is 1. The van der Waals surface area contributed by atoms with E-state index in [0.717, 1.165) is 63.9 Å². The Kier molecular flexibility index (Phi) is 9.22. The fourth-order valence-electron chi connectivity index (χ4n) is 5.18. The van der Waals surface area contributed by atoms with Crippen LogP contribution in [0.2, 0.25) is 0 Å². The molecule has 0 aliphatic carbocycles. The minimum absolute atomic E-state index is 0.0201. The first kappa shape index (κ1) is 28.5. The van der Waals surface area contributed by atoms with Crippen LogP contribution in [0.4, 0.5) is 13.2 Å². The summed E-state index contributed by atoms with van der Waals surface area (Å²) in [7, 11) is 0. The van der Waals surface area contributed by atoms with E-state index >= 15 is 0 Å². The summed E-state index contributed by atoms with van der Waals surface area (Å²) < 4.78 is 44.9. The molecule has 3 aromatic rings. The average Bonchev–Trinajstić information content (AvgIpc) is 3.17. The molecule has 0 amide bonds. The molecular formula is C30H35F3N2O4. The van der Waals surface area contributed by atoms with Crippen LogP contribution in [0.25, 0.3) is 5.69 Å². The summed E-state index contributed by atoms with van der Waals surface area (Å²) >= 11 is 0. The maximum atomic E-state index is 13.2. The van der Waals surface area contributed by atoms with Crippen LogP contribution in [0.3, 0.4) is 0 Å². The summed E-state index contributed by atoms with van der Waals surface area (Å²) in [6, 6.07) is 13.2. The van der Waals surface area contributed by atoms with Crippen LogP contribution in [0.15, 0.2) is 54.6 Å². The molecule has 210 valence electrons. The second-order valence-electron chi connectivity index (χ2n) is 10.2. The highest BCUT2D eigenvalue weighted by Gasteiger charge is 2.30. The molecule has 0 spiro atoms. The summed E-state index contributed by atoms with van der Waals surface area (Å²) in [5.41, 5.74) is 0.784. The maximum absolute atomic E-state index is 13.2. The number of para-hydroxylation sites is 1. The second-order valence-corrected chi connectivity index (χ2v) is 10.2. The third-order valence-electron chi connectivity index (χ3n) is 7.29. The van der Waals surface area contributed by atoms with Crippen molar-refractivity contribution in [3.63, 3.8) is 0 Å². The van der Waals surface area contributed by atoms with Crippen molar-refractivity contribution < 1.29 is 32.9 Å². The van der Waals surface area contributed by atoms with Gasteiger partial charge in [-0.1, -0.05) is 12.1 Å². The molecule has 2 heterocycles. The molecule has 0 saturated carbocycles. The summed E-state index contributed by atoms with van der Waals surface area (Å²) in [6.07, 6.45) is 0.669. The molecule has 6 nitrogen and oxygen atoms in total. The van der Waals surface area contributed by atoms with Crippen molar-refractivity contribution in [2.75, 3.05) is 26.2 Å². The SMILES string of the molecule is Cc1cc(O)n(-c2ccccc2C(=O)CCC2CCCN(CCCCOc3ccc(C(F)(F)F)cc3)C2)c1O. The third-order valence-corrected chi connectivity index (χ3v) is 7.29. The Bertz CT molecular complexity index is 1250. The Morgan fingerprint density at radius 2 is 1.82 bits per heavy atom. The number of carbonyl (C=O) groups excluding carboxylic acids is 1. The normalized spacial score (nSPS) is 16.4. The standard InChI is InChI=1S/C30H35F3N2O4/c1-21-19-28(37)35(29(21)38)26-9-3-2-8-25(26)27(36)15-10-22-7-6-17-34(20-22)16-4-5-18-39-24-13-11-23(12-14-24)30(31,32)33/h2-3,8-9,11-14,19,22,37-38H,4-7,10,15-18,20H2,1H3. The molecule has 0 radical (unpaired) electrons. The highest BCUT2D eigenvalue weighted by molar-refractivity contribution is 5.99. The number of alkyl halides is 3. The Labute approximate surface area is 226 Å². The number of aromatic hydroxyl groups is 2. The predicted molar refractivity (Wildman–Crippen MR) is 143 cm³/mol. The molecule has 0 bridgehead atoms. The van der Waals surface area contributed by atoms with Crippen LogP contribution < -0.4 is 4.74 Å². The Morgan fingerprint density at radius 1 is 1.08 bits per heavy atom. The average molecular weight is 545 g/mol. The van der Waals surface area contributed by atoms with Gasteiger partial charge in [-0.25, -0.2) is 0 Å². The van der Waals surface area contributed by atoms with Crippen molar-refractivity contribution in [3.05, 3.63) is 71.3 Å². The molecule has 1 aromatic heterocycles. The van der Waals surface area contributed by atoms with Crippen molar-refractivity contribution in [1.29, 1.82) is 0 Å². The van der Waals surface area contributed by atoms with Gasteiger partial charge in [0.15, 0.2) is 11.7 Å². The van der Waals surface area contributed by atoms with Gasteiger partial charge in [0.05, 0.1) is 17.9 Å². The number of carbonyl (C=O) groups is 1. The van der Waals surface area contributed by atoms with Crippen molar-refractivity contribution in [1.82, 2.24) is 9.47 Å². The monoisotopic (exact) mass is 544 g/mol. The predicted octanol–water partition coefficient (Wildman–Crippen LogP) is 6.75. The minimum Gasteiger partial charge on any atom is -0.494 e. The first-order chi connectivity index (χ1) is 18.6. The Hall–Kier alpha value is -3.46. The van der Waals surface area contributed by atoms with Gasteiger partial charge >= 0.3 is 6.18 Å². The third kappa shape index (κ3) is 7.35. The van der Waals surface area contributed by atoms with Gasteiger partial charge < -0.3 is 19.8 Å². The molecule has 9 heteroatoms. The van der Waals surface area contributed by atoms with Gasteiger partial charge in [0.1, 0.15) is 5.75 Å². The summed E-state index contributed by atoms with van der Waals surface area (Å²) in [6.45, 7) is 4.99. The zero-order chi connectivity index (χ0) is 28.0. The number of nitrogens with zero attached hydrogens (tertiary/aromatic N) is 2. The molecule has 1 unspecified atom stereocenters. The number of aromatic nitrogens is 1. The molecule has 1 atom stereocenters. The fraction of sp³-hybridized carbons (Fsp3) is 0.433. The van der Waals surface area contributed by atoms with Crippen molar-refractivity contribution in [3.8, 4) is 23.2 Å². The van der Waals surface area contributed by atoms with E-state index < -0.39 is 11.7 Å². The summed E-state index contributed by atoms with van der Waals surface area (Å²) in [5, 5.41) is 20.7. The summed E-state index contributed by atoms with van der Waals surface area (Å²) in [4.78, 5) is 15.6. The lowest BCUT2D eigenvalue weighted by Gasteiger charge is -2.32. The highest BCUT2D eigenvalue weighted by atomic mass is 19.4. The molecule has 4 rings (SSSR count). The molecule has 2 N–H and O–H groups in total. The Balaban J connectivity index is 1.21. The second kappa shape index (κ2) is 12.6. The van der Waals surface area contributed by atoms with Crippen LogP contribution in [0.5, 0.6) is 17.5 Å². The Morgan fingerprint density at radius 3 is 2.51 bits per heavy atom. The zero-order valence-corrected chi connectivity index (χ0v) is 22.1. The number of ether oxygens (including phenoxy) is 1. The number of Topliss-reactive ketones (excluding diaryl/α,β-unsaturated/α-hetero) is 1. The van der Waals surface area contributed by atoms with E-state index in [9.17, 15) is 28.2 Å². The highest BCUT2D eigenvalue weighted by Crippen LogP contribution is 2.33. The number of hydrogen-bond acceptors (Lipinski definition) is 5. The maximum Gasteiger partial charge on any atom is 0.416 e. The summed E-state index contributed by atoms with van der Waals surface area (Å²) in [5.74, 6) is 0.630. The first-order valence-corrected chi connectivity index (χ1v) is 13.4. The number of benzene rings is 2. The van der Waals surface area contributed by atoms with Gasteiger partial charge in [-0.05, 0) is 94.4 Å². The van der Waals surface area contributed by atoms with Crippen LogP contribution in [-0.2, 0) is 6.18 Å². The molecule has 1 saturated heterocycles. The van der Waals surface area contributed by atoms with Gasteiger partial charge in [0, 0.05) is 30.2 Å². The van der Waals surface area contributed by atoms with E-state index in [4.69, 9.17) is 4.74 Å². The molecule has 39 heavy (non-hydrogen) atoms. The van der Waals surface area contributed by atoms with Crippen LogP contribution in [-0.4, -0.2) is 51.7 Å². The lowest BCUT2D eigenvalue weighted by Crippen LogP contribution is -2.36. The number of aryl methyl sites for hydroxylation is 1. The molecular weight excluding hydrogens is 509 g/mol. The number of ketones is 1. The van der Waals surface area contributed by atoms with E-state index in [1.54, 1.807) is 31.2 Å². The fourth-order valence-corrected chi connectivity index (χ4v) is 5.18. The van der Waals surface area contributed by atoms with E-state index in [2.05, 4.69) is 4.90 Å². The number of unbranched alkanes of at least 4 members (excludes halogenated alkanes) is 1. The van der Waals surface area contributed by atoms with Gasteiger partial charge in [-0.2, -0.15) is 13.2 Å². The van der Waals surface area contributed by atoms with Gasteiger partial charge in [-0.3, -0.25) is 9.36 Å². The molecule has 1 fully saturated rings. The lowest BCUT2D eigenvalue weighted by atomic mass is 9.91. The van der Waals surface area contributed by atoms with Crippen LogP contribution in [0.1, 0.15) is 60.0 Å². The molecule has 1 aliphatic heterocycles. The van der Waals surface area contributed by atoms with Crippen LogP contribution >= 0.6 is 0 Å². The molecule has 1 aliphatic rings. The van der Waals surface area contributed by atoms with Gasteiger partial charge in [0.25, 0.3) is 0 Å². The van der Waals surface area contributed by atoms with Crippen LogP contribution in [0, 0.1) is 12.8 Å². The van der Waals surface area contributed by atoms with Gasteiger partial charge in [-0.15, -0.1) is 0 Å². The number of piperidine rings is 1. The van der Waals surface area contributed by atoms with E-state index in [1.165, 1.54) is 22.8 Å². The number of halogens is 3. The van der Waals surface area contributed by atoms with E-state index in [0.29, 0.717) is 41.5 Å². The minimum atomic E-state index is -4.35. The van der Waals surface area contributed by atoms with E-state index in [1.807, 2.05) is 0 Å². The van der Waals surface area contributed by atoms with Crippen molar-refractivity contribution in [2.45, 2.75) is 51.6 Å². The smallest absolute Gasteiger partial charge is 0.416 e. The largest absolute Gasteiger partial charge is 0.494 e.